The van der Waals surface area contributed by atoms with Crippen molar-refractivity contribution in [2.75, 3.05) is 6.54 Å². The van der Waals surface area contributed by atoms with Gasteiger partial charge in [-0.2, -0.15) is 0 Å². The normalized spacial score (nSPS) is 40.9. The van der Waals surface area contributed by atoms with Gasteiger partial charge in [0.15, 0.2) is 0 Å². The molecule has 0 unspecified atom stereocenters. The second-order valence-electron chi connectivity index (χ2n) is 3.26. The molecule has 2 heterocycles. The second-order valence-corrected chi connectivity index (χ2v) is 3.26. The lowest BCUT2D eigenvalue weighted by Crippen LogP contribution is -2.49. The lowest BCUT2D eigenvalue weighted by Gasteiger charge is -2.36. The highest BCUT2D eigenvalue weighted by Crippen LogP contribution is 2.28. The van der Waals surface area contributed by atoms with Crippen LogP contribution in [0.15, 0.2) is 12.2 Å². The zero-order valence-electron chi connectivity index (χ0n) is 6.16. The van der Waals surface area contributed by atoms with Crippen LogP contribution in [0.4, 0.5) is 0 Å². The van der Waals surface area contributed by atoms with Gasteiger partial charge in [0.25, 0.3) is 0 Å². The number of aliphatic carboxylic acids is 1. The number of nitrogens with one attached hydrogen (secondary N) is 1. The Morgan fingerprint density at radius 3 is 2.64 bits per heavy atom. The number of carboxylic acids is 1. The third-order valence-corrected chi connectivity index (χ3v) is 2.51. The van der Waals surface area contributed by atoms with Gasteiger partial charge in [0.05, 0.1) is 5.92 Å². The molecule has 0 amide bonds. The SMILES string of the molecule is O=C(O)[C@@H]1C[C@H]2C=C[C@@H]1NC2. The predicted molar refractivity (Wildman–Crippen MR) is 40.2 cm³/mol. The zero-order valence-corrected chi connectivity index (χ0v) is 6.16. The summed E-state index contributed by atoms with van der Waals surface area (Å²) in [6.45, 7) is 0.949. The molecule has 0 aromatic heterocycles. The van der Waals surface area contributed by atoms with Gasteiger partial charge in [-0.15, -0.1) is 0 Å². The van der Waals surface area contributed by atoms with Gasteiger partial charge in [-0.3, -0.25) is 4.79 Å². The van der Waals surface area contributed by atoms with Crippen LogP contribution < -0.4 is 5.32 Å². The van der Waals surface area contributed by atoms with E-state index < -0.39 is 5.97 Å². The van der Waals surface area contributed by atoms with E-state index in [9.17, 15) is 4.79 Å². The van der Waals surface area contributed by atoms with Gasteiger partial charge < -0.3 is 10.4 Å². The van der Waals surface area contributed by atoms with Crippen LogP contribution in [0, 0.1) is 11.8 Å². The van der Waals surface area contributed by atoms with Gasteiger partial charge in [0.1, 0.15) is 0 Å². The van der Waals surface area contributed by atoms with Crippen molar-refractivity contribution in [2.24, 2.45) is 11.8 Å². The minimum atomic E-state index is -0.670. The Labute approximate surface area is 65.1 Å². The molecule has 0 aromatic carbocycles. The van der Waals surface area contributed by atoms with Crippen LogP contribution in [0.2, 0.25) is 0 Å². The number of hydrogen-bond donors (Lipinski definition) is 2. The highest BCUT2D eigenvalue weighted by molar-refractivity contribution is 5.72. The average Bonchev–Trinajstić information content (AvgIpc) is 2.06. The van der Waals surface area contributed by atoms with E-state index in [-0.39, 0.29) is 12.0 Å². The summed E-state index contributed by atoms with van der Waals surface area (Å²) in [7, 11) is 0. The molecule has 2 N–H and O–H groups in total. The fourth-order valence-corrected chi connectivity index (χ4v) is 1.87. The van der Waals surface area contributed by atoms with Crippen molar-refractivity contribution in [3.63, 3.8) is 0 Å². The molecule has 1 fully saturated rings. The zero-order chi connectivity index (χ0) is 7.84. The molecule has 1 aliphatic carbocycles. The van der Waals surface area contributed by atoms with Crippen LogP contribution in [0.25, 0.3) is 0 Å². The first kappa shape index (κ1) is 6.85. The van der Waals surface area contributed by atoms with E-state index in [0.29, 0.717) is 5.92 Å². The topological polar surface area (TPSA) is 49.3 Å². The van der Waals surface area contributed by atoms with Crippen molar-refractivity contribution in [2.45, 2.75) is 12.5 Å². The number of rotatable bonds is 1. The van der Waals surface area contributed by atoms with Gasteiger partial charge in [-0.25, -0.2) is 0 Å². The summed E-state index contributed by atoms with van der Waals surface area (Å²) in [6, 6.07) is 0.0810. The molecule has 0 radical (unpaired) electrons. The maximum atomic E-state index is 10.7. The molecule has 3 nitrogen and oxygen atoms in total. The Balaban J connectivity index is 2.17. The van der Waals surface area contributed by atoms with Crippen molar-refractivity contribution >= 4 is 5.97 Å². The van der Waals surface area contributed by atoms with E-state index in [0.717, 1.165) is 13.0 Å². The summed E-state index contributed by atoms with van der Waals surface area (Å²) in [4.78, 5) is 10.7. The molecule has 3 rings (SSSR count). The molecule has 1 saturated heterocycles. The Bertz CT molecular complexity index is 212. The van der Waals surface area contributed by atoms with Crippen molar-refractivity contribution in [1.82, 2.24) is 5.32 Å². The highest BCUT2D eigenvalue weighted by Gasteiger charge is 2.35. The largest absolute Gasteiger partial charge is 0.481 e. The molecule has 0 aromatic rings. The van der Waals surface area contributed by atoms with Crippen LogP contribution >= 0.6 is 0 Å². The van der Waals surface area contributed by atoms with E-state index in [1.165, 1.54) is 0 Å². The van der Waals surface area contributed by atoms with Gasteiger partial charge in [-0.1, -0.05) is 12.2 Å². The van der Waals surface area contributed by atoms with E-state index >= 15 is 0 Å². The van der Waals surface area contributed by atoms with Gasteiger partial charge >= 0.3 is 5.97 Å². The molecule has 0 spiro atoms. The third kappa shape index (κ3) is 1.05. The molecule has 2 aliphatic heterocycles. The molecular formula is C8H11NO2. The summed E-state index contributed by atoms with van der Waals surface area (Å²) < 4.78 is 0. The molecule has 3 atom stereocenters. The van der Waals surface area contributed by atoms with Crippen LogP contribution in [-0.4, -0.2) is 23.7 Å². The monoisotopic (exact) mass is 153 g/mol. The summed E-state index contributed by atoms with van der Waals surface area (Å²) in [5.41, 5.74) is 0. The number of carbonyl (C=O) groups is 1. The Kier molecular flexibility index (Phi) is 1.46. The van der Waals surface area contributed by atoms with Crippen LogP contribution in [0.3, 0.4) is 0 Å². The van der Waals surface area contributed by atoms with E-state index in [1.54, 1.807) is 0 Å². The fraction of sp³-hybridized carbons (Fsp3) is 0.625. The quantitative estimate of drug-likeness (QED) is 0.530. The molecular weight excluding hydrogens is 142 g/mol. The second kappa shape index (κ2) is 2.34. The molecule has 11 heavy (non-hydrogen) atoms. The molecule has 3 aliphatic rings. The Morgan fingerprint density at radius 1 is 1.55 bits per heavy atom. The molecule has 0 saturated carbocycles. The summed E-state index contributed by atoms with van der Waals surface area (Å²) in [5, 5.41) is 12.0. The van der Waals surface area contributed by atoms with Gasteiger partial charge in [0.2, 0.25) is 0 Å². The van der Waals surface area contributed by atoms with Crippen molar-refractivity contribution in [1.29, 1.82) is 0 Å². The van der Waals surface area contributed by atoms with Crippen LogP contribution in [0.5, 0.6) is 0 Å². The minimum absolute atomic E-state index is 0.0810. The molecule has 60 valence electrons. The molecule has 2 bridgehead atoms. The number of hydrogen-bond acceptors (Lipinski definition) is 2. The molecule has 3 heteroatoms. The Hall–Kier alpha value is -0.830. The fourth-order valence-electron chi connectivity index (χ4n) is 1.87. The van der Waals surface area contributed by atoms with E-state index in [1.807, 2.05) is 6.08 Å². The lowest BCUT2D eigenvalue weighted by molar-refractivity contribution is -0.143. The Morgan fingerprint density at radius 2 is 2.36 bits per heavy atom. The van der Waals surface area contributed by atoms with Crippen molar-refractivity contribution in [3.05, 3.63) is 12.2 Å². The van der Waals surface area contributed by atoms with Crippen LogP contribution in [0.1, 0.15) is 6.42 Å². The number of carboxylic acid groups (broad SMARTS) is 1. The smallest absolute Gasteiger partial charge is 0.308 e. The van der Waals surface area contributed by atoms with Crippen molar-refractivity contribution in [3.8, 4) is 0 Å². The first-order valence-corrected chi connectivity index (χ1v) is 3.92. The average molecular weight is 153 g/mol. The third-order valence-electron chi connectivity index (χ3n) is 2.51. The van der Waals surface area contributed by atoms with Gasteiger partial charge in [-0.05, 0) is 12.3 Å². The van der Waals surface area contributed by atoms with Crippen molar-refractivity contribution < 1.29 is 9.90 Å². The predicted octanol–water partition coefficient (Wildman–Crippen LogP) is 0.235. The highest BCUT2D eigenvalue weighted by atomic mass is 16.4. The maximum absolute atomic E-state index is 10.7. The first-order valence-electron chi connectivity index (χ1n) is 3.92. The van der Waals surface area contributed by atoms with Gasteiger partial charge in [0, 0.05) is 12.6 Å². The summed E-state index contributed by atoms with van der Waals surface area (Å²) >= 11 is 0. The summed E-state index contributed by atoms with van der Waals surface area (Å²) in [6.07, 6.45) is 4.92. The minimum Gasteiger partial charge on any atom is -0.481 e. The summed E-state index contributed by atoms with van der Waals surface area (Å²) in [5.74, 6) is -0.420. The number of piperidine rings is 1. The standard InChI is InChI=1S/C8H11NO2/c10-8(11)6-3-5-1-2-7(6)9-4-5/h1-2,5-7,9H,3-4H2,(H,10,11)/t5-,6-,7+/m1/s1. The lowest BCUT2D eigenvalue weighted by atomic mass is 9.79. The van der Waals surface area contributed by atoms with E-state index in [4.69, 9.17) is 5.11 Å². The number of fused-ring (bicyclic) bond motifs is 2. The maximum Gasteiger partial charge on any atom is 0.308 e. The van der Waals surface area contributed by atoms with E-state index in [2.05, 4.69) is 11.4 Å². The van der Waals surface area contributed by atoms with Crippen LogP contribution in [-0.2, 0) is 4.79 Å². The first-order chi connectivity index (χ1) is 5.27.